The zero-order chi connectivity index (χ0) is 12.6. The van der Waals surface area contributed by atoms with E-state index < -0.39 is 23.2 Å². The van der Waals surface area contributed by atoms with Crippen LogP contribution in [-0.4, -0.2) is 10.1 Å². The molecule has 1 N–H and O–H groups in total. The van der Waals surface area contributed by atoms with Crippen LogP contribution in [0.25, 0.3) is 0 Å². The summed E-state index contributed by atoms with van der Waals surface area (Å²) in [5, 5.41) is 18.3. The molecule has 1 rings (SSSR count). The molecule has 0 unspecified atom stereocenters. The van der Waals surface area contributed by atoms with E-state index in [0.29, 0.717) is 0 Å². The highest BCUT2D eigenvalue weighted by Gasteiger charge is 2.34. The Morgan fingerprint density at radius 3 is 2.25 bits per heavy atom. The number of pyridine rings is 1. The minimum Gasteiger partial charge on any atom is -0.386 e. The number of alkyl halides is 3. The molecule has 0 aliphatic carbocycles. The third-order valence-corrected chi connectivity index (χ3v) is 1.95. The van der Waals surface area contributed by atoms with Crippen LogP contribution in [0.1, 0.15) is 30.8 Å². The van der Waals surface area contributed by atoms with Gasteiger partial charge in [0.15, 0.2) is 0 Å². The van der Waals surface area contributed by atoms with Crippen LogP contribution in [0.15, 0.2) is 12.1 Å². The van der Waals surface area contributed by atoms with Crippen LogP contribution in [0.5, 0.6) is 0 Å². The Hall–Kier alpha value is -1.61. The van der Waals surface area contributed by atoms with Gasteiger partial charge in [-0.3, -0.25) is 0 Å². The van der Waals surface area contributed by atoms with E-state index in [4.69, 9.17) is 5.26 Å². The van der Waals surface area contributed by atoms with E-state index in [1.807, 2.05) is 0 Å². The second-order valence-electron chi connectivity index (χ2n) is 3.76. The van der Waals surface area contributed by atoms with Gasteiger partial charge >= 0.3 is 6.18 Å². The van der Waals surface area contributed by atoms with Crippen LogP contribution in [0.2, 0.25) is 0 Å². The van der Waals surface area contributed by atoms with Crippen molar-refractivity contribution in [1.29, 1.82) is 5.26 Å². The fourth-order valence-corrected chi connectivity index (χ4v) is 1.20. The maximum atomic E-state index is 12.3. The van der Waals surface area contributed by atoms with Crippen molar-refractivity contribution in [3.8, 4) is 6.07 Å². The molecule has 86 valence electrons. The molecule has 0 radical (unpaired) electrons. The number of hydrogen-bond acceptors (Lipinski definition) is 3. The number of hydrogen-bond donors (Lipinski definition) is 1. The van der Waals surface area contributed by atoms with E-state index in [-0.39, 0.29) is 5.56 Å². The van der Waals surface area contributed by atoms with Gasteiger partial charge in [0.2, 0.25) is 0 Å². The Kier molecular flexibility index (Phi) is 2.93. The van der Waals surface area contributed by atoms with E-state index in [2.05, 4.69) is 4.98 Å². The van der Waals surface area contributed by atoms with E-state index >= 15 is 0 Å². The fourth-order valence-electron chi connectivity index (χ4n) is 1.20. The lowest BCUT2D eigenvalue weighted by atomic mass is 9.96. The molecule has 0 fully saturated rings. The molecule has 0 bridgehead atoms. The summed E-state index contributed by atoms with van der Waals surface area (Å²) >= 11 is 0. The fraction of sp³-hybridized carbons (Fsp3) is 0.400. The first-order chi connectivity index (χ1) is 7.16. The van der Waals surface area contributed by atoms with E-state index in [1.54, 1.807) is 6.07 Å². The van der Waals surface area contributed by atoms with Crippen LogP contribution < -0.4 is 0 Å². The lowest BCUT2D eigenvalue weighted by Gasteiger charge is -2.19. The second-order valence-corrected chi connectivity index (χ2v) is 3.76. The van der Waals surface area contributed by atoms with Crippen molar-refractivity contribution in [2.45, 2.75) is 25.6 Å². The van der Waals surface area contributed by atoms with Crippen molar-refractivity contribution in [2.75, 3.05) is 0 Å². The van der Waals surface area contributed by atoms with Crippen molar-refractivity contribution < 1.29 is 18.3 Å². The summed E-state index contributed by atoms with van der Waals surface area (Å²) in [5.74, 6) is 0. The number of aliphatic hydroxyl groups is 1. The van der Waals surface area contributed by atoms with Crippen molar-refractivity contribution in [2.24, 2.45) is 0 Å². The maximum Gasteiger partial charge on any atom is 0.433 e. The van der Waals surface area contributed by atoms with Crippen LogP contribution >= 0.6 is 0 Å². The Morgan fingerprint density at radius 2 is 1.88 bits per heavy atom. The van der Waals surface area contributed by atoms with Gasteiger partial charge in [-0.25, -0.2) is 4.98 Å². The number of rotatable bonds is 1. The standard InChI is InChI=1S/C10H9F3N2O/c1-9(2,16)6-3-4-8(10(11,12)13)15-7(6)5-14/h3-4,16H,1-2H3. The average Bonchev–Trinajstić information content (AvgIpc) is 2.14. The zero-order valence-electron chi connectivity index (χ0n) is 8.63. The van der Waals surface area contributed by atoms with E-state index in [0.717, 1.165) is 12.1 Å². The van der Waals surface area contributed by atoms with Crippen LogP contribution in [0, 0.1) is 11.3 Å². The topological polar surface area (TPSA) is 56.9 Å². The molecule has 0 saturated heterocycles. The van der Waals surface area contributed by atoms with Gasteiger partial charge < -0.3 is 5.11 Å². The summed E-state index contributed by atoms with van der Waals surface area (Å²) in [7, 11) is 0. The molecule has 16 heavy (non-hydrogen) atoms. The molecule has 6 heteroatoms. The molecule has 0 aromatic carbocycles. The normalized spacial score (nSPS) is 12.3. The molecule has 1 heterocycles. The smallest absolute Gasteiger partial charge is 0.386 e. The van der Waals surface area contributed by atoms with Crippen molar-refractivity contribution >= 4 is 0 Å². The lowest BCUT2D eigenvalue weighted by Crippen LogP contribution is -2.20. The molecule has 0 saturated carbocycles. The number of nitrogens with zero attached hydrogens (tertiary/aromatic N) is 2. The van der Waals surface area contributed by atoms with Crippen LogP contribution in [0.3, 0.4) is 0 Å². The van der Waals surface area contributed by atoms with Gasteiger partial charge in [-0.1, -0.05) is 6.07 Å². The third kappa shape index (κ3) is 2.49. The van der Waals surface area contributed by atoms with Gasteiger partial charge in [0, 0.05) is 5.56 Å². The Morgan fingerprint density at radius 1 is 1.31 bits per heavy atom. The first-order valence-electron chi connectivity index (χ1n) is 4.37. The quantitative estimate of drug-likeness (QED) is 0.804. The minimum atomic E-state index is -4.59. The largest absolute Gasteiger partial charge is 0.433 e. The summed E-state index contributed by atoms with van der Waals surface area (Å²) in [6.45, 7) is 2.75. The molecular weight excluding hydrogens is 221 g/mol. The first-order valence-corrected chi connectivity index (χ1v) is 4.37. The number of halogens is 3. The van der Waals surface area contributed by atoms with Gasteiger partial charge in [0.1, 0.15) is 17.5 Å². The number of aromatic nitrogens is 1. The second kappa shape index (κ2) is 3.76. The van der Waals surface area contributed by atoms with Gasteiger partial charge in [0.25, 0.3) is 0 Å². The number of nitriles is 1. The Labute approximate surface area is 90.2 Å². The van der Waals surface area contributed by atoms with Gasteiger partial charge in [0.05, 0.1) is 5.60 Å². The summed E-state index contributed by atoms with van der Waals surface area (Å²) in [6, 6.07) is 3.35. The highest BCUT2D eigenvalue weighted by Crippen LogP contribution is 2.30. The molecule has 3 nitrogen and oxygen atoms in total. The molecule has 1 aromatic rings. The van der Waals surface area contributed by atoms with E-state index in [1.165, 1.54) is 13.8 Å². The summed E-state index contributed by atoms with van der Waals surface area (Å²) in [6.07, 6.45) is -4.59. The van der Waals surface area contributed by atoms with Crippen molar-refractivity contribution in [3.05, 3.63) is 29.1 Å². The highest BCUT2D eigenvalue weighted by molar-refractivity contribution is 5.36. The van der Waals surface area contributed by atoms with Crippen LogP contribution in [0.4, 0.5) is 13.2 Å². The predicted molar refractivity (Wildman–Crippen MR) is 49.2 cm³/mol. The highest BCUT2D eigenvalue weighted by atomic mass is 19.4. The maximum absolute atomic E-state index is 12.3. The zero-order valence-corrected chi connectivity index (χ0v) is 8.63. The predicted octanol–water partition coefficient (Wildman–Crippen LogP) is 2.20. The van der Waals surface area contributed by atoms with Crippen LogP contribution in [-0.2, 0) is 11.8 Å². The third-order valence-electron chi connectivity index (χ3n) is 1.95. The van der Waals surface area contributed by atoms with Gasteiger partial charge in [-0.15, -0.1) is 0 Å². The summed E-state index contributed by atoms with van der Waals surface area (Å²) in [4.78, 5) is 3.18. The average molecular weight is 230 g/mol. The molecule has 0 spiro atoms. The van der Waals surface area contributed by atoms with Crippen molar-refractivity contribution in [1.82, 2.24) is 4.98 Å². The molecule has 0 aliphatic heterocycles. The Bertz CT molecular complexity index is 441. The Balaban J connectivity index is 3.36. The molecular formula is C10H9F3N2O. The molecule has 0 atom stereocenters. The lowest BCUT2D eigenvalue weighted by molar-refractivity contribution is -0.141. The van der Waals surface area contributed by atoms with Crippen molar-refractivity contribution in [3.63, 3.8) is 0 Å². The molecule has 0 aliphatic rings. The molecule has 1 aromatic heterocycles. The summed E-state index contributed by atoms with van der Waals surface area (Å²) in [5.41, 5.74) is -2.88. The monoisotopic (exact) mass is 230 g/mol. The van der Waals surface area contributed by atoms with Gasteiger partial charge in [-0.2, -0.15) is 18.4 Å². The minimum absolute atomic E-state index is 0.0722. The summed E-state index contributed by atoms with van der Waals surface area (Å²) < 4.78 is 36.9. The van der Waals surface area contributed by atoms with E-state index in [9.17, 15) is 18.3 Å². The molecule has 0 amide bonds. The SMILES string of the molecule is CC(C)(O)c1ccc(C(F)(F)F)nc1C#N. The van der Waals surface area contributed by atoms with Gasteiger partial charge in [-0.05, 0) is 19.9 Å². The first kappa shape index (κ1) is 12.5.